The maximum absolute atomic E-state index is 9.10. The second-order valence-corrected chi connectivity index (χ2v) is 4.42. The summed E-state index contributed by atoms with van der Waals surface area (Å²) in [5.41, 5.74) is 3.32. The molecule has 0 heterocycles. The first-order chi connectivity index (χ1) is 10.3. The third-order valence-electron chi connectivity index (χ3n) is 2.56. The van der Waals surface area contributed by atoms with E-state index in [1.165, 1.54) is 0 Å². The fraction of sp³-hybridized carbons (Fsp3) is 0.250. The highest BCUT2D eigenvalue weighted by molar-refractivity contribution is 6.27. The van der Waals surface area contributed by atoms with Crippen LogP contribution in [0.1, 0.15) is 5.56 Å². The average Bonchev–Trinajstić information content (AvgIpc) is 2.48. The van der Waals surface area contributed by atoms with Gasteiger partial charge in [0, 0.05) is 19.3 Å². The Balaban J connectivity index is 0.000000626. The molecular weight excluding hydrogens is 284 g/mol. The Kier molecular flexibility index (Phi) is 8.75. The molecule has 1 rings (SSSR count). The number of rotatable bonds is 5. The Hall–Kier alpha value is -2.78. The summed E-state index contributed by atoms with van der Waals surface area (Å²) in [4.78, 5) is 20.3. The van der Waals surface area contributed by atoms with E-state index in [4.69, 9.17) is 26.2 Å². The maximum Gasteiger partial charge on any atom is 0.414 e. The van der Waals surface area contributed by atoms with E-state index in [0.717, 1.165) is 23.4 Å². The summed E-state index contributed by atoms with van der Waals surface area (Å²) in [6, 6.07) is 8.20. The molecule has 22 heavy (non-hydrogen) atoms. The standard InChI is InChI=1S/C14H18N2.C2H2O4/c1-5-9-16(4)11-12(2)13-7-6-8-14(10-13)15-3;3-1(4)2(5)6/h1,6-8,10,15H,2,9,11H2,3-4H3;(H,3,4)(H,5,6). The number of nitrogens with one attached hydrogen (secondary N) is 1. The second-order valence-electron chi connectivity index (χ2n) is 4.42. The van der Waals surface area contributed by atoms with E-state index in [1.54, 1.807) is 0 Å². The van der Waals surface area contributed by atoms with E-state index in [9.17, 15) is 0 Å². The summed E-state index contributed by atoms with van der Waals surface area (Å²) in [5, 5.41) is 17.9. The zero-order valence-electron chi connectivity index (χ0n) is 12.7. The lowest BCUT2D eigenvalue weighted by atomic mass is 10.1. The molecule has 0 aliphatic carbocycles. The minimum Gasteiger partial charge on any atom is -0.473 e. The lowest BCUT2D eigenvalue weighted by molar-refractivity contribution is -0.159. The number of aliphatic carboxylic acids is 2. The van der Waals surface area contributed by atoms with E-state index >= 15 is 0 Å². The van der Waals surface area contributed by atoms with Crippen molar-refractivity contribution in [2.75, 3.05) is 32.5 Å². The van der Waals surface area contributed by atoms with Crippen LogP contribution in [0, 0.1) is 12.3 Å². The predicted octanol–water partition coefficient (Wildman–Crippen LogP) is 1.46. The zero-order chi connectivity index (χ0) is 17.1. The van der Waals surface area contributed by atoms with Gasteiger partial charge in [0.1, 0.15) is 0 Å². The number of carboxylic acid groups (broad SMARTS) is 2. The van der Waals surface area contributed by atoms with Gasteiger partial charge in [0.2, 0.25) is 0 Å². The molecule has 0 saturated heterocycles. The lowest BCUT2D eigenvalue weighted by Gasteiger charge is -2.15. The summed E-state index contributed by atoms with van der Waals surface area (Å²) in [7, 11) is 3.90. The van der Waals surface area contributed by atoms with Gasteiger partial charge in [-0.1, -0.05) is 24.6 Å². The Labute approximate surface area is 130 Å². The Bertz CT molecular complexity index is 564. The zero-order valence-corrected chi connectivity index (χ0v) is 12.7. The average molecular weight is 304 g/mol. The van der Waals surface area contributed by atoms with Crippen molar-refractivity contribution in [1.82, 2.24) is 4.90 Å². The van der Waals surface area contributed by atoms with Crippen LogP contribution >= 0.6 is 0 Å². The van der Waals surface area contributed by atoms with Crippen molar-refractivity contribution in [2.45, 2.75) is 0 Å². The molecule has 3 N–H and O–H groups in total. The van der Waals surface area contributed by atoms with Gasteiger partial charge < -0.3 is 15.5 Å². The van der Waals surface area contributed by atoms with Gasteiger partial charge in [-0.25, -0.2) is 9.59 Å². The highest BCUT2D eigenvalue weighted by atomic mass is 16.4. The van der Waals surface area contributed by atoms with Crippen LogP contribution in [0.4, 0.5) is 5.69 Å². The van der Waals surface area contributed by atoms with Crippen LogP contribution < -0.4 is 5.32 Å². The molecule has 1 aromatic rings. The van der Waals surface area contributed by atoms with Crippen LogP contribution in [-0.4, -0.2) is 54.2 Å². The van der Waals surface area contributed by atoms with Gasteiger partial charge in [0.15, 0.2) is 0 Å². The van der Waals surface area contributed by atoms with Crippen molar-refractivity contribution in [2.24, 2.45) is 0 Å². The van der Waals surface area contributed by atoms with E-state index in [-0.39, 0.29) is 0 Å². The van der Waals surface area contributed by atoms with Crippen LogP contribution in [0.25, 0.3) is 5.57 Å². The third-order valence-corrected chi connectivity index (χ3v) is 2.56. The van der Waals surface area contributed by atoms with Crippen molar-refractivity contribution >= 4 is 23.2 Å². The van der Waals surface area contributed by atoms with Crippen molar-refractivity contribution in [3.63, 3.8) is 0 Å². The highest BCUT2D eigenvalue weighted by Crippen LogP contribution is 2.17. The van der Waals surface area contributed by atoms with Crippen molar-refractivity contribution in [1.29, 1.82) is 0 Å². The second kappa shape index (κ2) is 10.0. The number of hydrogen-bond acceptors (Lipinski definition) is 4. The predicted molar refractivity (Wildman–Crippen MR) is 86.6 cm³/mol. The number of hydrogen-bond donors (Lipinski definition) is 3. The molecule has 0 aliphatic heterocycles. The molecule has 0 bridgehead atoms. The van der Waals surface area contributed by atoms with Gasteiger partial charge in [-0.15, -0.1) is 6.42 Å². The van der Waals surface area contributed by atoms with E-state index in [2.05, 4.69) is 34.8 Å². The van der Waals surface area contributed by atoms with Gasteiger partial charge in [0.25, 0.3) is 0 Å². The van der Waals surface area contributed by atoms with Crippen molar-refractivity contribution < 1.29 is 19.8 Å². The molecule has 0 saturated carbocycles. The maximum atomic E-state index is 9.10. The van der Waals surface area contributed by atoms with Gasteiger partial charge in [0.05, 0.1) is 6.54 Å². The van der Waals surface area contributed by atoms with Gasteiger partial charge in [-0.3, -0.25) is 4.90 Å². The van der Waals surface area contributed by atoms with Crippen molar-refractivity contribution in [3.05, 3.63) is 36.4 Å². The molecule has 118 valence electrons. The quantitative estimate of drug-likeness (QED) is 0.564. The topological polar surface area (TPSA) is 89.9 Å². The molecule has 6 nitrogen and oxygen atoms in total. The first-order valence-electron chi connectivity index (χ1n) is 6.36. The Morgan fingerprint density at radius 1 is 1.36 bits per heavy atom. The van der Waals surface area contributed by atoms with Gasteiger partial charge in [-0.05, 0) is 30.3 Å². The fourth-order valence-corrected chi connectivity index (χ4v) is 1.52. The number of likely N-dealkylation sites (N-methyl/N-ethyl adjacent to an activating group) is 1. The van der Waals surface area contributed by atoms with Gasteiger partial charge >= 0.3 is 11.9 Å². The number of carbonyl (C=O) groups is 2. The number of anilines is 1. The summed E-state index contributed by atoms with van der Waals surface area (Å²) < 4.78 is 0. The van der Waals surface area contributed by atoms with Crippen LogP contribution in [0.3, 0.4) is 0 Å². The molecule has 0 unspecified atom stereocenters. The number of nitrogens with zero attached hydrogens (tertiary/aromatic N) is 1. The molecule has 1 aromatic carbocycles. The molecule has 0 aliphatic rings. The lowest BCUT2D eigenvalue weighted by Crippen LogP contribution is -2.20. The Morgan fingerprint density at radius 2 is 1.95 bits per heavy atom. The van der Waals surface area contributed by atoms with Crippen LogP contribution in [0.5, 0.6) is 0 Å². The van der Waals surface area contributed by atoms with E-state index in [0.29, 0.717) is 6.54 Å². The summed E-state index contributed by atoms with van der Waals surface area (Å²) in [5.74, 6) is -1.03. The monoisotopic (exact) mass is 304 g/mol. The minimum absolute atomic E-state index is 0.644. The summed E-state index contributed by atoms with van der Waals surface area (Å²) in [6.07, 6.45) is 5.26. The molecule has 0 radical (unpaired) electrons. The molecule has 0 amide bonds. The number of benzene rings is 1. The van der Waals surface area contributed by atoms with Gasteiger partial charge in [-0.2, -0.15) is 0 Å². The molecular formula is C16H20N2O4. The van der Waals surface area contributed by atoms with E-state index < -0.39 is 11.9 Å². The smallest absolute Gasteiger partial charge is 0.414 e. The first kappa shape index (κ1) is 19.2. The minimum atomic E-state index is -1.82. The highest BCUT2D eigenvalue weighted by Gasteiger charge is 2.04. The summed E-state index contributed by atoms with van der Waals surface area (Å²) in [6.45, 7) is 5.52. The van der Waals surface area contributed by atoms with Crippen LogP contribution in [0.15, 0.2) is 30.8 Å². The molecule has 0 aromatic heterocycles. The first-order valence-corrected chi connectivity index (χ1v) is 6.36. The Morgan fingerprint density at radius 3 is 2.41 bits per heavy atom. The molecule has 0 atom stereocenters. The molecule has 0 spiro atoms. The molecule has 0 fully saturated rings. The van der Waals surface area contributed by atoms with Crippen LogP contribution in [0.2, 0.25) is 0 Å². The number of terminal acetylenes is 1. The van der Waals surface area contributed by atoms with Crippen molar-refractivity contribution in [3.8, 4) is 12.3 Å². The number of carboxylic acids is 2. The SMILES string of the molecule is C#CCN(C)CC(=C)c1cccc(NC)c1.O=C(O)C(=O)O. The largest absolute Gasteiger partial charge is 0.473 e. The van der Waals surface area contributed by atoms with E-state index in [1.807, 2.05) is 26.2 Å². The normalized spacial score (nSPS) is 9.18. The fourth-order valence-electron chi connectivity index (χ4n) is 1.52. The summed E-state index contributed by atoms with van der Waals surface area (Å²) >= 11 is 0. The third kappa shape index (κ3) is 7.72. The molecule has 6 heteroatoms. The van der Waals surface area contributed by atoms with Crippen LogP contribution in [-0.2, 0) is 9.59 Å².